The summed E-state index contributed by atoms with van der Waals surface area (Å²) >= 11 is 0. The molecule has 8 heteroatoms. The summed E-state index contributed by atoms with van der Waals surface area (Å²) in [4.78, 5) is 13.4. The first-order chi connectivity index (χ1) is 13.0. The van der Waals surface area contributed by atoms with E-state index in [1.807, 2.05) is 12.1 Å². The van der Waals surface area contributed by atoms with Crippen LogP contribution in [0.15, 0.2) is 24.3 Å². The van der Waals surface area contributed by atoms with Crippen molar-refractivity contribution in [2.45, 2.75) is 26.3 Å². The Kier molecular flexibility index (Phi) is 5.95. The van der Waals surface area contributed by atoms with Crippen molar-refractivity contribution in [3.8, 4) is 5.75 Å². The predicted molar refractivity (Wildman–Crippen MR) is 104 cm³/mol. The summed E-state index contributed by atoms with van der Waals surface area (Å²) in [5.74, 6) is 1.88. The van der Waals surface area contributed by atoms with Crippen LogP contribution in [0, 0.1) is 23.0 Å². The third-order valence-electron chi connectivity index (χ3n) is 5.20. The maximum absolute atomic E-state index is 11.3. The highest BCUT2D eigenvalue weighted by atomic mass is 16.6. The molecule has 0 unspecified atom stereocenters. The Balaban J connectivity index is 1.49. The van der Waals surface area contributed by atoms with E-state index in [4.69, 9.17) is 4.74 Å². The average molecular weight is 373 g/mol. The van der Waals surface area contributed by atoms with Crippen LogP contribution in [0.2, 0.25) is 0 Å². The molecule has 0 aliphatic carbocycles. The van der Waals surface area contributed by atoms with Crippen LogP contribution in [-0.2, 0) is 13.6 Å². The number of ether oxygens (including phenoxy) is 1. The average Bonchev–Trinajstić information content (AvgIpc) is 2.95. The highest BCUT2D eigenvalue weighted by Gasteiger charge is 2.25. The Morgan fingerprint density at radius 3 is 2.56 bits per heavy atom. The van der Waals surface area contributed by atoms with E-state index in [1.54, 1.807) is 25.8 Å². The maximum Gasteiger partial charge on any atom is 0.333 e. The highest BCUT2D eigenvalue weighted by Crippen LogP contribution is 2.28. The molecule has 2 aromatic rings. The number of nitrogens with one attached hydrogen (secondary N) is 1. The summed E-state index contributed by atoms with van der Waals surface area (Å²) in [6, 6.07) is 8.20. The summed E-state index contributed by atoms with van der Waals surface area (Å²) in [5, 5.41) is 18.7. The predicted octanol–water partition coefficient (Wildman–Crippen LogP) is 2.97. The van der Waals surface area contributed by atoms with Crippen molar-refractivity contribution in [3.05, 3.63) is 45.6 Å². The SMILES string of the molecule is COc1ccc(CN2CCC(CNc3c([N+](=O)[O-])c(C)nn3C)CC2)cc1. The monoisotopic (exact) mass is 373 g/mol. The van der Waals surface area contributed by atoms with E-state index in [0.29, 0.717) is 17.4 Å². The lowest BCUT2D eigenvalue weighted by atomic mass is 9.96. The van der Waals surface area contributed by atoms with E-state index >= 15 is 0 Å². The van der Waals surface area contributed by atoms with Crippen LogP contribution >= 0.6 is 0 Å². The molecule has 0 bridgehead atoms. The summed E-state index contributed by atoms with van der Waals surface area (Å²) in [7, 11) is 3.41. The van der Waals surface area contributed by atoms with Crippen molar-refractivity contribution in [2.75, 3.05) is 32.1 Å². The van der Waals surface area contributed by atoms with Gasteiger partial charge in [0, 0.05) is 20.1 Å². The van der Waals surface area contributed by atoms with Crippen molar-refractivity contribution in [1.29, 1.82) is 0 Å². The van der Waals surface area contributed by atoms with E-state index in [2.05, 4.69) is 27.4 Å². The largest absolute Gasteiger partial charge is 0.497 e. The number of methoxy groups -OCH3 is 1. The lowest BCUT2D eigenvalue weighted by molar-refractivity contribution is -0.384. The molecule has 2 heterocycles. The third kappa shape index (κ3) is 4.57. The Morgan fingerprint density at radius 1 is 1.30 bits per heavy atom. The van der Waals surface area contributed by atoms with Gasteiger partial charge in [-0.1, -0.05) is 12.1 Å². The van der Waals surface area contributed by atoms with Crippen molar-refractivity contribution >= 4 is 11.5 Å². The number of benzene rings is 1. The number of hydrogen-bond donors (Lipinski definition) is 1. The number of aryl methyl sites for hydroxylation is 2. The second-order valence-corrected chi connectivity index (χ2v) is 7.11. The molecule has 0 spiro atoms. The number of nitro groups is 1. The van der Waals surface area contributed by atoms with Crippen molar-refractivity contribution < 1.29 is 9.66 Å². The molecule has 0 radical (unpaired) electrons. The minimum Gasteiger partial charge on any atom is -0.497 e. The summed E-state index contributed by atoms with van der Waals surface area (Å²) in [6.07, 6.45) is 2.15. The van der Waals surface area contributed by atoms with Gasteiger partial charge >= 0.3 is 5.69 Å². The lowest BCUT2D eigenvalue weighted by Gasteiger charge is -2.32. The molecule has 3 rings (SSSR count). The quantitative estimate of drug-likeness (QED) is 0.593. The normalized spacial score (nSPS) is 15.7. The molecule has 27 heavy (non-hydrogen) atoms. The number of rotatable bonds is 7. The molecule has 1 fully saturated rings. The van der Waals surface area contributed by atoms with E-state index < -0.39 is 0 Å². The first kappa shape index (κ1) is 19.2. The maximum atomic E-state index is 11.3. The van der Waals surface area contributed by atoms with Crippen molar-refractivity contribution in [3.63, 3.8) is 0 Å². The van der Waals surface area contributed by atoms with Crippen LogP contribution in [-0.4, -0.2) is 46.3 Å². The van der Waals surface area contributed by atoms with Crippen LogP contribution in [0.4, 0.5) is 11.5 Å². The molecule has 146 valence electrons. The standard InChI is InChI=1S/C19H27N5O3/c1-14-18(24(25)26)19(22(2)21-14)20-12-15-8-10-23(11-9-15)13-16-4-6-17(27-3)7-5-16/h4-7,15,20H,8-13H2,1-3H3. The molecule has 0 atom stereocenters. The van der Waals surface area contributed by atoms with Crippen molar-refractivity contribution in [1.82, 2.24) is 14.7 Å². The number of hydrogen-bond acceptors (Lipinski definition) is 6. The number of anilines is 1. The van der Waals surface area contributed by atoms with Gasteiger partial charge < -0.3 is 10.1 Å². The molecule has 0 saturated carbocycles. The van der Waals surface area contributed by atoms with Gasteiger partial charge in [0.2, 0.25) is 5.82 Å². The molecule has 1 aromatic carbocycles. The van der Waals surface area contributed by atoms with Gasteiger partial charge in [-0.2, -0.15) is 5.10 Å². The minimum atomic E-state index is -0.359. The van der Waals surface area contributed by atoms with Gasteiger partial charge in [0.25, 0.3) is 0 Å². The topological polar surface area (TPSA) is 85.5 Å². The van der Waals surface area contributed by atoms with Crippen molar-refractivity contribution in [2.24, 2.45) is 13.0 Å². The Morgan fingerprint density at radius 2 is 1.96 bits per heavy atom. The van der Waals surface area contributed by atoms with Crippen LogP contribution in [0.1, 0.15) is 24.1 Å². The molecule has 1 N–H and O–H groups in total. The van der Waals surface area contributed by atoms with E-state index in [9.17, 15) is 10.1 Å². The fraction of sp³-hybridized carbons (Fsp3) is 0.526. The van der Waals surface area contributed by atoms with Crippen LogP contribution < -0.4 is 10.1 Å². The van der Waals surface area contributed by atoms with Gasteiger partial charge in [-0.25, -0.2) is 4.68 Å². The summed E-state index contributed by atoms with van der Waals surface area (Å²) in [5.41, 5.74) is 1.81. The molecule has 0 amide bonds. The van der Waals surface area contributed by atoms with Crippen LogP contribution in [0.25, 0.3) is 0 Å². The molecular weight excluding hydrogens is 346 g/mol. The summed E-state index contributed by atoms with van der Waals surface area (Å²) in [6.45, 7) is 5.41. The van der Waals surface area contributed by atoms with Crippen LogP contribution in [0.5, 0.6) is 5.75 Å². The number of nitrogens with zero attached hydrogens (tertiary/aromatic N) is 4. The molecule has 1 aromatic heterocycles. The van der Waals surface area contributed by atoms with Gasteiger partial charge in [0.1, 0.15) is 11.4 Å². The Hall–Kier alpha value is -2.61. The number of aromatic nitrogens is 2. The molecule has 1 saturated heterocycles. The van der Waals surface area contributed by atoms with Gasteiger partial charge in [0.05, 0.1) is 12.0 Å². The van der Waals surface area contributed by atoms with Gasteiger partial charge in [-0.15, -0.1) is 0 Å². The van der Waals surface area contributed by atoms with Gasteiger partial charge in [0.15, 0.2) is 0 Å². The Bertz CT molecular complexity index is 779. The smallest absolute Gasteiger partial charge is 0.333 e. The zero-order chi connectivity index (χ0) is 19.4. The summed E-state index contributed by atoms with van der Waals surface area (Å²) < 4.78 is 6.76. The van der Waals surface area contributed by atoms with Gasteiger partial charge in [-0.3, -0.25) is 15.0 Å². The van der Waals surface area contributed by atoms with E-state index in [1.165, 1.54) is 5.56 Å². The fourth-order valence-electron chi connectivity index (χ4n) is 3.64. The lowest BCUT2D eigenvalue weighted by Crippen LogP contribution is -2.35. The molecule has 1 aliphatic rings. The highest BCUT2D eigenvalue weighted by molar-refractivity contribution is 5.59. The Labute approximate surface area is 159 Å². The molecular formula is C19H27N5O3. The second-order valence-electron chi connectivity index (χ2n) is 7.11. The first-order valence-electron chi connectivity index (χ1n) is 9.25. The van der Waals surface area contributed by atoms with E-state index in [-0.39, 0.29) is 10.6 Å². The van der Waals surface area contributed by atoms with E-state index in [0.717, 1.165) is 44.8 Å². The van der Waals surface area contributed by atoms with Crippen LogP contribution in [0.3, 0.4) is 0 Å². The minimum absolute atomic E-state index is 0.0782. The van der Waals surface area contributed by atoms with Gasteiger partial charge in [-0.05, 0) is 56.5 Å². The fourth-order valence-corrected chi connectivity index (χ4v) is 3.64. The molecule has 8 nitrogen and oxygen atoms in total. The number of likely N-dealkylation sites (tertiary alicyclic amines) is 1. The first-order valence-corrected chi connectivity index (χ1v) is 9.25. The molecule has 1 aliphatic heterocycles. The third-order valence-corrected chi connectivity index (χ3v) is 5.20. The second kappa shape index (κ2) is 8.39. The number of piperidine rings is 1. The zero-order valence-electron chi connectivity index (χ0n) is 16.1. The zero-order valence-corrected chi connectivity index (χ0v) is 16.1.